The Labute approximate surface area is 179 Å². The maximum atomic E-state index is 13.0. The Morgan fingerprint density at radius 3 is 2.62 bits per heavy atom. The van der Waals surface area contributed by atoms with E-state index in [9.17, 15) is 4.79 Å². The molecule has 3 rings (SSSR count). The number of thioether (sulfide) groups is 1. The Morgan fingerprint density at radius 1 is 1.21 bits per heavy atom. The summed E-state index contributed by atoms with van der Waals surface area (Å²) < 4.78 is 10.8. The van der Waals surface area contributed by atoms with Gasteiger partial charge in [0.15, 0.2) is 11.5 Å². The number of aromatic nitrogens is 1. The monoisotopic (exact) mass is 428 g/mol. The minimum atomic E-state index is -0.182. The fraction of sp³-hybridized carbons (Fsp3) is 0.273. The van der Waals surface area contributed by atoms with Crippen molar-refractivity contribution in [2.75, 3.05) is 14.2 Å². The second-order valence-corrected chi connectivity index (χ2v) is 8.26. The highest BCUT2D eigenvalue weighted by atomic mass is 32.2. The van der Waals surface area contributed by atoms with Crippen LogP contribution in [0.4, 0.5) is 0 Å². The first-order chi connectivity index (χ1) is 14.0. The molecule has 0 saturated heterocycles. The molecule has 0 spiro atoms. The molecule has 0 aliphatic carbocycles. The van der Waals surface area contributed by atoms with Gasteiger partial charge >= 0.3 is 0 Å². The quantitative estimate of drug-likeness (QED) is 0.497. The minimum absolute atomic E-state index is 0.104. The molecule has 1 N–H and O–H groups in total. The Kier molecular flexibility index (Phi) is 7.17. The first kappa shape index (κ1) is 21.2. The van der Waals surface area contributed by atoms with Crippen molar-refractivity contribution < 1.29 is 14.3 Å². The van der Waals surface area contributed by atoms with Gasteiger partial charge in [0.2, 0.25) is 0 Å². The van der Waals surface area contributed by atoms with Gasteiger partial charge in [-0.05, 0) is 49.2 Å². The highest BCUT2D eigenvalue weighted by Gasteiger charge is 2.18. The van der Waals surface area contributed by atoms with Gasteiger partial charge in [0.1, 0.15) is 0 Å². The molecular formula is C22H24N2O3S2. The molecule has 3 aromatic rings. The molecule has 1 aromatic heterocycles. The molecule has 0 radical (unpaired) electrons. The van der Waals surface area contributed by atoms with Gasteiger partial charge in [-0.3, -0.25) is 4.79 Å². The molecule has 1 heterocycles. The Morgan fingerprint density at radius 2 is 1.93 bits per heavy atom. The average Bonchev–Trinajstić information content (AvgIpc) is 3.25. The number of carbonyl (C=O) groups excluding carboxylic acids is 1. The van der Waals surface area contributed by atoms with Crippen LogP contribution in [-0.4, -0.2) is 25.1 Å². The van der Waals surface area contributed by atoms with Crippen molar-refractivity contribution in [3.63, 3.8) is 0 Å². The Bertz CT molecular complexity index is 974. The second kappa shape index (κ2) is 9.80. The van der Waals surface area contributed by atoms with E-state index in [1.807, 2.05) is 61.1 Å². The van der Waals surface area contributed by atoms with Crippen molar-refractivity contribution in [3.8, 4) is 11.5 Å². The van der Waals surface area contributed by atoms with Gasteiger partial charge in [-0.15, -0.1) is 23.1 Å². The van der Waals surface area contributed by atoms with Gasteiger partial charge in [-0.1, -0.05) is 12.1 Å². The average molecular weight is 429 g/mol. The summed E-state index contributed by atoms with van der Waals surface area (Å²) in [7, 11) is 3.22. The molecule has 0 aliphatic heterocycles. The summed E-state index contributed by atoms with van der Waals surface area (Å²) >= 11 is 3.19. The number of benzene rings is 2. The summed E-state index contributed by atoms with van der Waals surface area (Å²) in [6.45, 7) is 3.97. The van der Waals surface area contributed by atoms with Crippen molar-refractivity contribution in [2.45, 2.75) is 30.5 Å². The van der Waals surface area contributed by atoms with Gasteiger partial charge in [0.05, 0.1) is 37.0 Å². The summed E-state index contributed by atoms with van der Waals surface area (Å²) in [6, 6.07) is 11.3. The number of ether oxygens (including phenoxy) is 2. The molecule has 1 unspecified atom stereocenters. The lowest BCUT2D eigenvalue weighted by Gasteiger charge is -2.20. The van der Waals surface area contributed by atoms with Crippen LogP contribution in [0.15, 0.2) is 52.2 Å². The van der Waals surface area contributed by atoms with E-state index in [4.69, 9.17) is 9.47 Å². The van der Waals surface area contributed by atoms with Crippen LogP contribution < -0.4 is 14.8 Å². The van der Waals surface area contributed by atoms with Crippen LogP contribution in [0.2, 0.25) is 0 Å². The van der Waals surface area contributed by atoms with Crippen LogP contribution in [0, 0.1) is 6.92 Å². The molecule has 2 aromatic carbocycles. The van der Waals surface area contributed by atoms with Crippen molar-refractivity contribution in [1.29, 1.82) is 0 Å². The van der Waals surface area contributed by atoms with E-state index in [1.54, 1.807) is 37.3 Å². The maximum Gasteiger partial charge on any atom is 0.252 e. The number of aryl methyl sites for hydroxylation is 1. The third-order valence-corrected chi connectivity index (χ3v) is 6.32. The molecular weight excluding hydrogens is 404 g/mol. The van der Waals surface area contributed by atoms with Crippen LogP contribution in [-0.2, 0) is 5.75 Å². The zero-order valence-electron chi connectivity index (χ0n) is 16.9. The zero-order chi connectivity index (χ0) is 20.8. The standard InChI is InChI=1S/C22H24N2O3S2/c1-14-9-19(26-3)20(27-4)10-18(14)15(2)24-22(25)17-7-5-6-8-21(17)29-12-16-11-28-13-23-16/h5-11,13,15H,12H2,1-4H3,(H,24,25). The molecule has 1 atom stereocenters. The van der Waals surface area contributed by atoms with E-state index in [1.165, 1.54) is 0 Å². The number of hydrogen-bond acceptors (Lipinski definition) is 6. The first-order valence-corrected chi connectivity index (χ1v) is 11.1. The van der Waals surface area contributed by atoms with Gasteiger partial charge in [0, 0.05) is 16.0 Å². The van der Waals surface area contributed by atoms with Crippen molar-refractivity contribution in [3.05, 3.63) is 69.7 Å². The van der Waals surface area contributed by atoms with Crippen molar-refractivity contribution in [1.82, 2.24) is 10.3 Å². The van der Waals surface area contributed by atoms with Crippen LogP contribution in [0.5, 0.6) is 11.5 Å². The first-order valence-electron chi connectivity index (χ1n) is 9.15. The lowest BCUT2D eigenvalue weighted by Crippen LogP contribution is -2.27. The summed E-state index contributed by atoms with van der Waals surface area (Å²) in [5, 5.41) is 5.14. The van der Waals surface area contributed by atoms with E-state index in [0.717, 1.165) is 27.5 Å². The summed E-state index contributed by atoms with van der Waals surface area (Å²) in [5.41, 5.74) is 5.52. The topological polar surface area (TPSA) is 60.5 Å². The maximum absolute atomic E-state index is 13.0. The molecule has 152 valence electrons. The summed E-state index contributed by atoms with van der Waals surface area (Å²) in [4.78, 5) is 18.3. The van der Waals surface area contributed by atoms with Crippen LogP contribution in [0.1, 0.15) is 40.1 Å². The normalized spacial score (nSPS) is 11.7. The fourth-order valence-electron chi connectivity index (χ4n) is 3.06. The number of nitrogens with one attached hydrogen (secondary N) is 1. The van der Waals surface area contributed by atoms with Gasteiger partial charge in [-0.25, -0.2) is 4.98 Å². The predicted octanol–water partition coefficient (Wildman–Crippen LogP) is 5.25. The molecule has 1 amide bonds. The van der Waals surface area contributed by atoms with E-state index >= 15 is 0 Å². The fourth-order valence-corrected chi connectivity index (χ4v) is 4.67. The third kappa shape index (κ3) is 5.10. The SMILES string of the molecule is COc1cc(C)c(C(C)NC(=O)c2ccccc2SCc2cscn2)cc1OC. The smallest absolute Gasteiger partial charge is 0.252 e. The van der Waals surface area contributed by atoms with Gasteiger partial charge in [0.25, 0.3) is 5.91 Å². The third-order valence-electron chi connectivity index (χ3n) is 4.58. The highest BCUT2D eigenvalue weighted by Crippen LogP contribution is 2.33. The Balaban J connectivity index is 1.76. The molecule has 5 nitrogen and oxygen atoms in total. The summed E-state index contributed by atoms with van der Waals surface area (Å²) in [5.74, 6) is 1.95. The van der Waals surface area contributed by atoms with Crippen LogP contribution in [0.3, 0.4) is 0 Å². The van der Waals surface area contributed by atoms with Gasteiger partial charge < -0.3 is 14.8 Å². The van der Waals surface area contributed by atoms with E-state index < -0.39 is 0 Å². The lowest BCUT2D eigenvalue weighted by molar-refractivity contribution is 0.0937. The molecule has 0 bridgehead atoms. The van der Waals surface area contributed by atoms with E-state index in [2.05, 4.69) is 10.3 Å². The number of carbonyl (C=O) groups is 1. The van der Waals surface area contributed by atoms with Gasteiger partial charge in [-0.2, -0.15) is 0 Å². The summed E-state index contributed by atoms with van der Waals surface area (Å²) in [6.07, 6.45) is 0. The predicted molar refractivity (Wildman–Crippen MR) is 118 cm³/mol. The number of nitrogens with zero attached hydrogens (tertiary/aromatic N) is 1. The number of methoxy groups -OCH3 is 2. The number of amides is 1. The number of thiazole rings is 1. The van der Waals surface area contributed by atoms with Crippen LogP contribution in [0.25, 0.3) is 0 Å². The zero-order valence-corrected chi connectivity index (χ0v) is 18.5. The number of rotatable bonds is 8. The number of hydrogen-bond donors (Lipinski definition) is 1. The van der Waals surface area contributed by atoms with E-state index in [0.29, 0.717) is 17.1 Å². The van der Waals surface area contributed by atoms with Crippen molar-refractivity contribution >= 4 is 29.0 Å². The molecule has 0 aliphatic rings. The van der Waals surface area contributed by atoms with Crippen molar-refractivity contribution in [2.24, 2.45) is 0 Å². The molecule has 0 fully saturated rings. The molecule has 7 heteroatoms. The van der Waals surface area contributed by atoms with E-state index in [-0.39, 0.29) is 11.9 Å². The highest BCUT2D eigenvalue weighted by molar-refractivity contribution is 7.98. The molecule has 29 heavy (non-hydrogen) atoms. The minimum Gasteiger partial charge on any atom is -0.493 e. The largest absolute Gasteiger partial charge is 0.493 e. The lowest BCUT2D eigenvalue weighted by atomic mass is 10.0. The van der Waals surface area contributed by atoms with Crippen LogP contribution >= 0.6 is 23.1 Å². The second-order valence-electron chi connectivity index (χ2n) is 6.52. The Hall–Kier alpha value is -2.51. The molecule has 0 saturated carbocycles.